The first-order valence-corrected chi connectivity index (χ1v) is 8.70. The van der Waals surface area contributed by atoms with Gasteiger partial charge in [0.05, 0.1) is 9.79 Å². The van der Waals surface area contributed by atoms with Crippen molar-refractivity contribution in [2.75, 3.05) is 0 Å². The third-order valence-corrected chi connectivity index (χ3v) is 5.99. The highest BCUT2D eigenvalue weighted by molar-refractivity contribution is 7.91. The van der Waals surface area contributed by atoms with Crippen LogP contribution in [0.25, 0.3) is 10.9 Å². The van der Waals surface area contributed by atoms with E-state index in [4.69, 9.17) is 0 Å². The van der Waals surface area contributed by atoms with Crippen molar-refractivity contribution in [2.45, 2.75) is 30.6 Å². The molecule has 0 saturated heterocycles. The van der Waals surface area contributed by atoms with Crippen molar-refractivity contribution in [1.29, 1.82) is 0 Å². The number of phenols is 1. The Bertz CT molecular complexity index is 1000. The number of aryl methyl sites for hydroxylation is 3. The summed E-state index contributed by atoms with van der Waals surface area (Å²) >= 11 is 0. The molecule has 3 rings (SSSR count). The third-order valence-electron chi connectivity index (χ3n) is 3.87. The second-order valence-corrected chi connectivity index (χ2v) is 7.57. The lowest BCUT2D eigenvalue weighted by atomic mass is 10.1. The molecule has 0 aliphatic rings. The molecule has 0 fully saturated rings. The Morgan fingerprint density at radius 2 is 1.65 bits per heavy atom. The monoisotopic (exact) mass is 327 g/mol. The van der Waals surface area contributed by atoms with Crippen LogP contribution < -0.4 is 0 Å². The van der Waals surface area contributed by atoms with E-state index in [9.17, 15) is 13.5 Å². The quantitative estimate of drug-likeness (QED) is 0.779. The number of benzene rings is 2. The predicted octanol–water partition coefficient (Wildman–Crippen LogP) is 3.70. The van der Waals surface area contributed by atoms with Gasteiger partial charge in [-0.3, -0.25) is 4.98 Å². The standard InChI is InChI=1S/C18H17NO3S/c1-11-9-12(2)18(13(3)10-11)23(21,22)16-7-6-15(20)17-14(16)5-4-8-19-17/h4-10,20H,1-3H3. The minimum atomic E-state index is -3.71. The molecule has 0 radical (unpaired) electrons. The second-order valence-electron chi connectivity index (χ2n) is 5.71. The SMILES string of the molecule is Cc1cc(C)c(S(=O)(=O)c2ccc(O)c3ncccc23)c(C)c1. The minimum absolute atomic E-state index is 0.0306. The molecule has 0 atom stereocenters. The van der Waals surface area contributed by atoms with Crippen LogP contribution in [0.15, 0.2) is 52.4 Å². The Morgan fingerprint density at radius 1 is 1.00 bits per heavy atom. The van der Waals surface area contributed by atoms with Crippen molar-refractivity contribution in [3.05, 3.63) is 59.3 Å². The summed E-state index contributed by atoms with van der Waals surface area (Å²) in [4.78, 5) is 4.57. The van der Waals surface area contributed by atoms with E-state index in [-0.39, 0.29) is 16.2 Å². The number of fused-ring (bicyclic) bond motifs is 1. The molecule has 0 amide bonds. The first-order valence-electron chi connectivity index (χ1n) is 7.22. The predicted molar refractivity (Wildman–Crippen MR) is 89.5 cm³/mol. The largest absolute Gasteiger partial charge is 0.506 e. The molecule has 23 heavy (non-hydrogen) atoms. The van der Waals surface area contributed by atoms with Crippen LogP contribution in [0.1, 0.15) is 16.7 Å². The fourth-order valence-corrected chi connectivity index (χ4v) is 4.95. The number of nitrogens with zero attached hydrogens (tertiary/aromatic N) is 1. The lowest BCUT2D eigenvalue weighted by Crippen LogP contribution is -2.08. The summed E-state index contributed by atoms with van der Waals surface area (Å²) in [6, 6.07) is 9.86. The van der Waals surface area contributed by atoms with Gasteiger partial charge in [-0.15, -0.1) is 0 Å². The van der Waals surface area contributed by atoms with E-state index in [0.29, 0.717) is 21.4 Å². The maximum Gasteiger partial charge on any atom is 0.207 e. The minimum Gasteiger partial charge on any atom is -0.506 e. The molecule has 0 aliphatic carbocycles. The summed E-state index contributed by atoms with van der Waals surface area (Å²) in [6.45, 7) is 5.54. The van der Waals surface area contributed by atoms with Crippen LogP contribution in [0, 0.1) is 20.8 Å². The van der Waals surface area contributed by atoms with Crippen LogP contribution in [-0.2, 0) is 9.84 Å². The van der Waals surface area contributed by atoms with E-state index in [1.807, 2.05) is 19.1 Å². The average Bonchev–Trinajstić information content (AvgIpc) is 2.46. The van der Waals surface area contributed by atoms with Crippen LogP contribution in [-0.4, -0.2) is 18.5 Å². The lowest BCUT2D eigenvalue weighted by molar-refractivity contribution is 0.480. The molecule has 0 bridgehead atoms. The van der Waals surface area contributed by atoms with Gasteiger partial charge < -0.3 is 5.11 Å². The summed E-state index contributed by atoms with van der Waals surface area (Å²) < 4.78 is 26.4. The van der Waals surface area contributed by atoms with Gasteiger partial charge in [0.2, 0.25) is 9.84 Å². The molecule has 0 saturated carbocycles. The maximum atomic E-state index is 13.2. The molecule has 1 heterocycles. The molecule has 5 heteroatoms. The molecule has 0 unspecified atom stereocenters. The van der Waals surface area contributed by atoms with Crippen LogP contribution in [0.2, 0.25) is 0 Å². The van der Waals surface area contributed by atoms with E-state index in [2.05, 4.69) is 4.98 Å². The van der Waals surface area contributed by atoms with Crippen LogP contribution in [0.4, 0.5) is 0 Å². The van der Waals surface area contributed by atoms with Crippen molar-refractivity contribution in [3.8, 4) is 5.75 Å². The smallest absolute Gasteiger partial charge is 0.207 e. The van der Waals surface area contributed by atoms with E-state index < -0.39 is 9.84 Å². The fourth-order valence-electron chi connectivity index (χ4n) is 3.07. The lowest BCUT2D eigenvalue weighted by Gasteiger charge is -2.14. The topological polar surface area (TPSA) is 67.3 Å². The summed E-state index contributed by atoms with van der Waals surface area (Å²) in [7, 11) is -3.71. The fraction of sp³-hybridized carbons (Fsp3) is 0.167. The van der Waals surface area contributed by atoms with Crippen molar-refractivity contribution >= 4 is 20.7 Å². The zero-order valence-electron chi connectivity index (χ0n) is 13.2. The number of sulfone groups is 1. The Hall–Kier alpha value is -2.40. The molecule has 3 aromatic rings. The molecule has 1 aromatic heterocycles. The van der Waals surface area contributed by atoms with E-state index >= 15 is 0 Å². The summed E-state index contributed by atoms with van der Waals surface area (Å²) in [5, 5.41) is 10.3. The van der Waals surface area contributed by atoms with Gasteiger partial charge in [-0.2, -0.15) is 0 Å². The van der Waals surface area contributed by atoms with Crippen molar-refractivity contribution in [3.63, 3.8) is 0 Å². The average molecular weight is 327 g/mol. The highest BCUT2D eigenvalue weighted by atomic mass is 32.2. The molecule has 4 nitrogen and oxygen atoms in total. The highest BCUT2D eigenvalue weighted by Crippen LogP contribution is 2.34. The van der Waals surface area contributed by atoms with Gasteiger partial charge in [0.15, 0.2) is 0 Å². The Kier molecular flexibility index (Phi) is 3.60. The molecule has 0 spiro atoms. The molecule has 2 aromatic carbocycles. The van der Waals surface area contributed by atoms with E-state index in [1.165, 1.54) is 18.3 Å². The van der Waals surface area contributed by atoms with Gasteiger partial charge in [-0.1, -0.05) is 17.7 Å². The van der Waals surface area contributed by atoms with Gasteiger partial charge >= 0.3 is 0 Å². The van der Waals surface area contributed by atoms with Gasteiger partial charge in [-0.05, 0) is 56.2 Å². The first kappa shape index (κ1) is 15.5. The van der Waals surface area contributed by atoms with E-state index in [1.54, 1.807) is 26.0 Å². The van der Waals surface area contributed by atoms with Crippen molar-refractivity contribution < 1.29 is 13.5 Å². The normalized spacial score (nSPS) is 11.8. The maximum absolute atomic E-state index is 13.2. The number of pyridine rings is 1. The number of phenolic OH excluding ortho intramolecular Hbond substituents is 1. The summed E-state index contributed by atoms with van der Waals surface area (Å²) in [5.74, 6) is -0.0306. The Labute approximate surface area is 135 Å². The molecular formula is C18H17NO3S. The van der Waals surface area contributed by atoms with Gasteiger partial charge in [0.25, 0.3) is 0 Å². The zero-order valence-corrected chi connectivity index (χ0v) is 14.0. The number of rotatable bonds is 2. The Morgan fingerprint density at radius 3 is 2.30 bits per heavy atom. The number of aromatic nitrogens is 1. The highest BCUT2D eigenvalue weighted by Gasteiger charge is 2.25. The molecule has 118 valence electrons. The number of aromatic hydroxyl groups is 1. The second kappa shape index (κ2) is 5.35. The van der Waals surface area contributed by atoms with Gasteiger partial charge in [-0.25, -0.2) is 8.42 Å². The van der Waals surface area contributed by atoms with Crippen LogP contribution in [0.3, 0.4) is 0 Å². The van der Waals surface area contributed by atoms with Crippen molar-refractivity contribution in [1.82, 2.24) is 4.98 Å². The molecular weight excluding hydrogens is 310 g/mol. The van der Waals surface area contributed by atoms with Crippen LogP contribution >= 0.6 is 0 Å². The van der Waals surface area contributed by atoms with Crippen molar-refractivity contribution in [2.24, 2.45) is 0 Å². The van der Waals surface area contributed by atoms with Gasteiger partial charge in [0.1, 0.15) is 11.3 Å². The van der Waals surface area contributed by atoms with Gasteiger partial charge in [0, 0.05) is 11.6 Å². The number of hydrogen-bond donors (Lipinski definition) is 1. The first-order chi connectivity index (χ1) is 10.8. The molecule has 0 aliphatic heterocycles. The Balaban J connectivity index is 2.37. The summed E-state index contributed by atoms with van der Waals surface area (Å²) in [5.41, 5.74) is 2.74. The number of hydrogen-bond acceptors (Lipinski definition) is 4. The zero-order chi connectivity index (χ0) is 16.8. The third kappa shape index (κ3) is 2.47. The van der Waals surface area contributed by atoms with E-state index in [0.717, 1.165) is 5.56 Å². The van der Waals surface area contributed by atoms with Crippen LogP contribution in [0.5, 0.6) is 5.75 Å². The molecule has 1 N–H and O–H groups in total. The summed E-state index contributed by atoms with van der Waals surface area (Å²) in [6.07, 6.45) is 1.53.